The van der Waals surface area contributed by atoms with Crippen LogP contribution in [0.15, 0.2) is 15.7 Å². The van der Waals surface area contributed by atoms with Gasteiger partial charge in [0.05, 0.1) is 18.0 Å². The number of ether oxygens (including phenoxy) is 1. The summed E-state index contributed by atoms with van der Waals surface area (Å²) in [6.45, 7) is 5.27. The van der Waals surface area contributed by atoms with Gasteiger partial charge >= 0.3 is 0 Å². The number of H-pyrrole nitrogens is 1. The van der Waals surface area contributed by atoms with E-state index in [4.69, 9.17) is 10.5 Å². The molecule has 1 aliphatic carbocycles. The van der Waals surface area contributed by atoms with E-state index in [-0.39, 0.29) is 40.7 Å². The highest BCUT2D eigenvalue weighted by molar-refractivity contribution is 7.12. The molecule has 2 aliphatic rings. The van der Waals surface area contributed by atoms with Crippen LogP contribution < -0.4 is 26.4 Å². The van der Waals surface area contributed by atoms with Crippen molar-refractivity contribution in [1.29, 1.82) is 0 Å². The molecule has 0 bridgehead atoms. The van der Waals surface area contributed by atoms with E-state index in [1.54, 1.807) is 0 Å². The number of fused-ring (bicyclic) bond motifs is 2. The molecular formula is C21H26ClFN4O3S. The molecule has 2 fully saturated rings. The largest absolute Gasteiger partial charge is 0.492 e. The van der Waals surface area contributed by atoms with Gasteiger partial charge in [0.25, 0.3) is 5.56 Å². The Morgan fingerprint density at radius 1 is 1.29 bits per heavy atom. The third-order valence-corrected chi connectivity index (χ3v) is 7.35. The summed E-state index contributed by atoms with van der Waals surface area (Å²) < 4.78 is 25.8. The predicted octanol–water partition coefficient (Wildman–Crippen LogP) is 3.37. The molecule has 168 valence electrons. The summed E-state index contributed by atoms with van der Waals surface area (Å²) >= 11 is 1.15. The lowest BCUT2D eigenvalue weighted by atomic mass is 9.88. The number of nitrogens with zero attached hydrogens (tertiary/aromatic N) is 2. The number of methoxy groups -OCH3 is 1. The van der Waals surface area contributed by atoms with E-state index in [1.807, 2.05) is 23.3 Å². The van der Waals surface area contributed by atoms with E-state index in [0.29, 0.717) is 34.9 Å². The molecule has 1 saturated heterocycles. The van der Waals surface area contributed by atoms with Crippen LogP contribution in [0.1, 0.15) is 39.2 Å². The molecule has 3 heterocycles. The molecule has 0 amide bonds. The first kappa shape index (κ1) is 22.1. The van der Waals surface area contributed by atoms with Gasteiger partial charge in [0.2, 0.25) is 5.43 Å². The molecular weight excluding hydrogens is 443 g/mol. The predicted molar refractivity (Wildman–Crippen MR) is 125 cm³/mol. The number of benzene rings is 1. The zero-order chi connectivity index (χ0) is 21.4. The van der Waals surface area contributed by atoms with Crippen molar-refractivity contribution in [2.75, 3.05) is 25.1 Å². The number of aromatic nitrogens is 2. The molecule has 1 aromatic carbocycles. The lowest BCUT2D eigenvalue weighted by Gasteiger charge is -2.28. The van der Waals surface area contributed by atoms with E-state index in [1.165, 1.54) is 13.2 Å². The molecule has 5 rings (SSSR count). The summed E-state index contributed by atoms with van der Waals surface area (Å²) in [5.41, 5.74) is 6.00. The highest BCUT2D eigenvalue weighted by Crippen LogP contribution is 2.46. The maximum atomic E-state index is 15.4. The fourth-order valence-corrected chi connectivity index (χ4v) is 5.58. The lowest BCUT2D eigenvalue weighted by molar-refractivity contribution is 0.348. The van der Waals surface area contributed by atoms with Gasteiger partial charge in [-0.05, 0) is 56.6 Å². The first-order valence-electron chi connectivity index (χ1n) is 10.2. The fourth-order valence-electron chi connectivity index (χ4n) is 4.66. The average Bonchev–Trinajstić information content (AvgIpc) is 3.25. The molecule has 0 spiro atoms. The third-order valence-electron chi connectivity index (χ3n) is 6.47. The Balaban J connectivity index is 0.00000231. The Kier molecular flexibility index (Phi) is 5.34. The first-order valence-corrected chi connectivity index (χ1v) is 11.0. The van der Waals surface area contributed by atoms with Gasteiger partial charge in [-0.3, -0.25) is 14.0 Å². The summed E-state index contributed by atoms with van der Waals surface area (Å²) in [6, 6.07) is 1.44. The van der Waals surface area contributed by atoms with Crippen LogP contribution in [0.5, 0.6) is 5.75 Å². The number of halogens is 2. The molecule has 10 heteroatoms. The summed E-state index contributed by atoms with van der Waals surface area (Å²) in [6.07, 6.45) is 2.75. The van der Waals surface area contributed by atoms with Gasteiger partial charge in [-0.2, -0.15) is 0 Å². The van der Waals surface area contributed by atoms with Crippen molar-refractivity contribution in [1.82, 2.24) is 8.94 Å². The molecule has 2 aromatic heterocycles. The van der Waals surface area contributed by atoms with Crippen molar-refractivity contribution in [3.8, 4) is 5.75 Å². The van der Waals surface area contributed by atoms with E-state index in [9.17, 15) is 9.59 Å². The van der Waals surface area contributed by atoms with Crippen molar-refractivity contribution in [3.63, 3.8) is 0 Å². The number of hydrogen-bond acceptors (Lipinski definition) is 6. The normalized spacial score (nSPS) is 19.3. The van der Waals surface area contributed by atoms with Crippen LogP contribution in [0.25, 0.3) is 21.1 Å². The van der Waals surface area contributed by atoms with Crippen LogP contribution >= 0.6 is 23.9 Å². The average molecular weight is 469 g/mol. The van der Waals surface area contributed by atoms with Crippen LogP contribution in [0.3, 0.4) is 0 Å². The van der Waals surface area contributed by atoms with Gasteiger partial charge in [-0.1, -0.05) is 0 Å². The van der Waals surface area contributed by atoms with Gasteiger partial charge in [0.1, 0.15) is 15.9 Å². The zero-order valence-electron chi connectivity index (χ0n) is 17.7. The van der Waals surface area contributed by atoms with Crippen LogP contribution in [0.2, 0.25) is 0 Å². The number of nitrogens with two attached hydrogens (primary N) is 1. The number of rotatable bonds is 4. The molecule has 1 saturated carbocycles. The summed E-state index contributed by atoms with van der Waals surface area (Å²) in [5, 5.41) is 0.283. The Labute approximate surface area is 188 Å². The monoisotopic (exact) mass is 468 g/mol. The standard InChI is InChI=1S/C21H25FN4O3S.ClH/c1-21(2,23)10-6-7-25(9-10)16-13(22)8-12-15(18(16)29-3)26(11-4-5-11)20-14(17(12)27)19(28)24-30-20;/h8,10-11H,4-7,9,23H2,1-3H3,(H,24,28);1H/t10-;/m1./s1. The minimum absolute atomic E-state index is 0. The van der Waals surface area contributed by atoms with Gasteiger partial charge in [-0.25, -0.2) is 4.39 Å². The Morgan fingerprint density at radius 2 is 2.00 bits per heavy atom. The summed E-state index contributed by atoms with van der Waals surface area (Å²) in [4.78, 5) is 28.0. The van der Waals surface area contributed by atoms with Crippen molar-refractivity contribution in [2.45, 2.75) is 44.7 Å². The van der Waals surface area contributed by atoms with Gasteiger partial charge < -0.3 is 19.9 Å². The van der Waals surface area contributed by atoms with Gasteiger partial charge in [0, 0.05) is 24.7 Å². The highest BCUT2D eigenvalue weighted by atomic mass is 35.5. The second kappa shape index (κ2) is 7.50. The molecule has 0 radical (unpaired) electrons. The zero-order valence-corrected chi connectivity index (χ0v) is 19.3. The Bertz CT molecular complexity index is 1290. The molecule has 3 aromatic rings. The number of aromatic amines is 1. The van der Waals surface area contributed by atoms with Gasteiger partial charge in [-0.15, -0.1) is 12.4 Å². The van der Waals surface area contributed by atoms with E-state index < -0.39 is 16.8 Å². The van der Waals surface area contributed by atoms with Crippen molar-refractivity contribution < 1.29 is 9.13 Å². The summed E-state index contributed by atoms with van der Waals surface area (Å²) in [7, 11) is 1.50. The number of nitrogens with one attached hydrogen (secondary N) is 1. The lowest BCUT2D eigenvalue weighted by Crippen LogP contribution is -2.42. The maximum absolute atomic E-state index is 15.4. The fraction of sp³-hybridized carbons (Fsp3) is 0.524. The SMILES string of the molecule is COc1c(N2CC[C@@H](C(C)(C)N)C2)c(F)cc2c(=O)c3c(=O)[nH]sc3n(C3CC3)c12.Cl. The smallest absolute Gasteiger partial charge is 0.271 e. The van der Waals surface area contributed by atoms with Crippen LogP contribution in [0.4, 0.5) is 10.1 Å². The van der Waals surface area contributed by atoms with E-state index in [0.717, 1.165) is 30.8 Å². The van der Waals surface area contributed by atoms with Crippen molar-refractivity contribution >= 4 is 50.7 Å². The first-order chi connectivity index (χ1) is 14.2. The molecule has 7 nitrogen and oxygen atoms in total. The van der Waals surface area contributed by atoms with Crippen LogP contribution in [-0.2, 0) is 0 Å². The molecule has 0 unspecified atom stereocenters. The third kappa shape index (κ3) is 3.34. The Hall–Kier alpha value is -2.10. The summed E-state index contributed by atoms with van der Waals surface area (Å²) in [5.74, 6) is 0.0628. The van der Waals surface area contributed by atoms with Crippen molar-refractivity contribution in [2.24, 2.45) is 11.7 Å². The minimum Gasteiger partial charge on any atom is -0.492 e. The molecule has 31 heavy (non-hydrogen) atoms. The van der Waals surface area contributed by atoms with Crippen LogP contribution in [0, 0.1) is 11.7 Å². The van der Waals surface area contributed by atoms with E-state index >= 15 is 4.39 Å². The Morgan fingerprint density at radius 3 is 2.58 bits per heavy atom. The molecule has 3 N–H and O–H groups in total. The quantitative estimate of drug-likeness (QED) is 0.612. The second-order valence-electron chi connectivity index (χ2n) is 9.03. The maximum Gasteiger partial charge on any atom is 0.271 e. The van der Waals surface area contributed by atoms with E-state index in [2.05, 4.69) is 4.37 Å². The van der Waals surface area contributed by atoms with Gasteiger partial charge in [0.15, 0.2) is 11.6 Å². The number of hydrogen-bond donors (Lipinski definition) is 2. The van der Waals surface area contributed by atoms with Crippen molar-refractivity contribution in [3.05, 3.63) is 32.5 Å². The number of pyridine rings is 1. The second-order valence-corrected chi connectivity index (χ2v) is 9.83. The molecule has 1 aliphatic heterocycles. The topological polar surface area (TPSA) is 93.3 Å². The minimum atomic E-state index is -0.514. The molecule has 1 atom stereocenters. The number of anilines is 1. The highest BCUT2D eigenvalue weighted by Gasteiger charge is 2.37. The van der Waals surface area contributed by atoms with Crippen LogP contribution in [-0.4, -0.2) is 34.7 Å².